The number of ketones is 1. The predicted octanol–water partition coefficient (Wildman–Crippen LogP) is 2.83. The molecule has 1 aromatic carbocycles. The minimum Gasteiger partial charge on any atom is -0.298 e. The van der Waals surface area contributed by atoms with Gasteiger partial charge in [0, 0.05) is 13.2 Å². The van der Waals surface area contributed by atoms with Gasteiger partial charge in [0.15, 0.2) is 0 Å². The van der Waals surface area contributed by atoms with Gasteiger partial charge in [0.25, 0.3) is 0 Å². The summed E-state index contributed by atoms with van der Waals surface area (Å²) in [5.41, 5.74) is 1.61. The summed E-state index contributed by atoms with van der Waals surface area (Å²) in [7, 11) is 1.83. The lowest BCUT2D eigenvalue weighted by Gasteiger charge is -2.36. The average molecular weight is 283 g/mol. The standard InChI is InChI=1S/C17H21N3O/c1-20-13-15(18-19-20)12-16(21)17(10-6-3-7-11-17)14-8-4-2-5-9-14/h2,4-5,8-9,13H,3,6-7,10-12H2,1H3. The lowest BCUT2D eigenvalue weighted by atomic mass is 9.66. The highest BCUT2D eigenvalue weighted by molar-refractivity contribution is 5.91. The molecular formula is C17H21N3O. The maximum Gasteiger partial charge on any atom is 0.149 e. The van der Waals surface area contributed by atoms with Crippen molar-refractivity contribution in [2.24, 2.45) is 7.05 Å². The van der Waals surface area contributed by atoms with Gasteiger partial charge < -0.3 is 0 Å². The summed E-state index contributed by atoms with van der Waals surface area (Å²) >= 11 is 0. The molecule has 1 saturated carbocycles. The fourth-order valence-electron chi connectivity index (χ4n) is 3.45. The Morgan fingerprint density at radius 1 is 1.19 bits per heavy atom. The lowest BCUT2D eigenvalue weighted by Crippen LogP contribution is -2.39. The van der Waals surface area contributed by atoms with Crippen LogP contribution in [-0.2, 0) is 23.7 Å². The van der Waals surface area contributed by atoms with E-state index in [2.05, 4.69) is 22.4 Å². The molecule has 0 radical (unpaired) electrons. The summed E-state index contributed by atoms with van der Waals surface area (Å²) in [6.45, 7) is 0. The van der Waals surface area contributed by atoms with Crippen molar-refractivity contribution >= 4 is 5.78 Å². The number of aryl methyl sites for hydroxylation is 1. The maximum atomic E-state index is 13.0. The number of hydrogen-bond donors (Lipinski definition) is 0. The molecule has 4 nitrogen and oxygen atoms in total. The molecule has 0 bridgehead atoms. The minimum absolute atomic E-state index is 0.286. The number of nitrogens with zero attached hydrogens (tertiary/aromatic N) is 3. The van der Waals surface area contributed by atoms with Crippen LogP contribution in [0.4, 0.5) is 0 Å². The maximum absolute atomic E-state index is 13.0. The van der Waals surface area contributed by atoms with Gasteiger partial charge in [-0.1, -0.05) is 54.8 Å². The number of carbonyl (C=O) groups excluding carboxylic acids is 1. The van der Waals surface area contributed by atoms with E-state index in [0.717, 1.165) is 31.4 Å². The van der Waals surface area contributed by atoms with Crippen LogP contribution in [0.5, 0.6) is 0 Å². The van der Waals surface area contributed by atoms with Crippen LogP contribution in [0.3, 0.4) is 0 Å². The molecule has 21 heavy (non-hydrogen) atoms. The SMILES string of the molecule is Cn1cc(CC(=O)C2(c3ccccc3)CCCCC2)nn1. The summed E-state index contributed by atoms with van der Waals surface area (Å²) in [5, 5.41) is 7.99. The largest absolute Gasteiger partial charge is 0.298 e. The summed E-state index contributed by atoms with van der Waals surface area (Å²) in [5.74, 6) is 0.286. The van der Waals surface area contributed by atoms with Crippen LogP contribution in [-0.4, -0.2) is 20.8 Å². The van der Waals surface area contributed by atoms with Crippen LogP contribution in [0, 0.1) is 0 Å². The Balaban J connectivity index is 1.90. The van der Waals surface area contributed by atoms with E-state index in [9.17, 15) is 4.79 Å². The second-order valence-corrected chi connectivity index (χ2v) is 5.99. The van der Waals surface area contributed by atoms with Crippen LogP contribution < -0.4 is 0 Å². The molecule has 4 heteroatoms. The molecule has 1 heterocycles. The highest BCUT2D eigenvalue weighted by Gasteiger charge is 2.40. The first kappa shape index (κ1) is 14.0. The van der Waals surface area contributed by atoms with Crippen molar-refractivity contribution in [2.75, 3.05) is 0 Å². The Morgan fingerprint density at radius 3 is 2.52 bits per heavy atom. The van der Waals surface area contributed by atoms with Gasteiger partial charge in [-0.3, -0.25) is 9.48 Å². The van der Waals surface area contributed by atoms with E-state index in [-0.39, 0.29) is 11.2 Å². The van der Waals surface area contributed by atoms with Crippen LogP contribution in [0.25, 0.3) is 0 Å². The van der Waals surface area contributed by atoms with Gasteiger partial charge in [0.2, 0.25) is 0 Å². The molecule has 0 N–H and O–H groups in total. The lowest BCUT2D eigenvalue weighted by molar-refractivity contribution is -0.125. The van der Waals surface area contributed by atoms with Crippen molar-refractivity contribution in [2.45, 2.75) is 43.9 Å². The van der Waals surface area contributed by atoms with E-state index in [1.54, 1.807) is 4.68 Å². The summed E-state index contributed by atoms with van der Waals surface area (Å²) < 4.78 is 1.65. The van der Waals surface area contributed by atoms with E-state index in [4.69, 9.17) is 0 Å². The van der Waals surface area contributed by atoms with Gasteiger partial charge >= 0.3 is 0 Å². The highest BCUT2D eigenvalue weighted by atomic mass is 16.1. The number of hydrogen-bond acceptors (Lipinski definition) is 3. The molecular weight excluding hydrogens is 262 g/mol. The molecule has 2 aromatic rings. The molecule has 1 fully saturated rings. The van der Waals surface area contributed by atoms with Gasteiger partial charge in [0.05, 0.1) is 17.5 Å². The van der Waals surface area contributed by atoms with Crippen LogP contribution in [0.15, 0.2) is 36.5 Å². The summed E-state index contributed by atoms with van der Waals surface area (Å²) in [6.07, 6.45) is 7.60. The first-order valence-electron chi connectivity index (χ1n) is 7.65. The average Bonchev–Trinajstić information content (AvgIpc) is 2.94. The quantitative estimate of drug-likeness (QED) is 0.867. The Kier molecular flexibility index (Phi) is 3.86. The van der Waals surface area contributed by atoms with Gasteiger partial charge in [-0.15, -0.1) is 5.10 Å². The third-order valence-electron chi connectivity index (χ3n) is 4.56. The molecule has 3 rings (SSSR count). The Bertz CT molecular complexity index is 612. The zero-order chi connectivity index (χ0) is 14.7. The van der Waals surface area contributed by atoms with E-state index < -0.39 is 0 Å². The first-order chi connectivity index (χ1) is 10.2. The van der Waals surface area contributed by atoms with Crippen molar-refractivity contribution in [3.63, 3.8) is 0 Å². The topological polar surface area (TPSA) is 47.8 Å². The monoisotopic (exact) mass is 283 g/mol. The van der Waals surface area contributed by atoms with Crippen molar-refractivity contribution < 1.29 is 4.79 Å². The number of rotatable bonds is 4. The molecule has 0 atom stereocenters. The van der Waals surface area contributed by atoms with Crippen molar-refractivity contribution in [3.8, 4) is 0 Å². The van der Waals surface area contributed by atoms with Gasteiger partial charge in [-0.2, -0.15) is 0 Å². The molecule has 110 valence electrons. The van der Waals surface area contributed by atoms with Crippen molar-refractivity contribution in [1.82, 2.24) is 15.0 Å². The molecule has 1 aromatic heterocycles. The second-order valence-electron chi connectivity index (χ2n) is 5.99. The summed E-state index contributed by atoms with van der Waals surface area (Å²) in [4.78, 5) is 13.0. The third-order valence-corrected chi connectivity index (χ3v) is 4.56. The van der Waals surface area contributed by atoms with E-state index >= 15 is 0 Å². The smallest absolute Gasteiger partial charge is 0.149 e. The van der Waals surface area contributed by atoms with Crippen molar-refractivity contribution in [3.05, 3.63) is 47.8 Å². The third kappa shape index (κ3) is 2.75. The fraction of sp³-hybridized carbons (Fsp3) is 0.471. The molecule has 0 unspecified atom stereocenters. The van der Waals surface area contributed by atoms with Gasteiger partial charge in [-0.05, 0) is 18.4 Å². The highest BCUT2D eigenvalue weighted by Crippen LogP contribution is 2.40. The Morgan fingerprint density at radius 2 is 1.90 bits per heavy atom. The number of Topliss-reactive ketones (excluding diaryl/α,β-unsaturated/α-hetero) is 1. The van der Waals surface area contributed by atoms with E-state index in [0.29, 0.717) is 6.42 Å². The Labute approximate surface area is 125 Å². The van der Waals surface area contributed by atoms with Crippen LogP contribution in [0.1, 0.15) is 43.4 Å². The number of aromatic nitrogens is 3. The normalized spacial score (nSPS) is 17.6. The van der Waals surface area contributed by atoms with Crippen LogP contribution >= 0.6 is 0 Å². The Hall–Kier alpha value is -1.97. The molecule has 1 aliphatic carbocycles. The van der Waals surface area contributed by atoms with Crippen LogP contribution in [0.2, 0.25) is 0 Å². The molecule has 0 saturated heterocycles. The van der Waals surface area contributed by atoms with Gasteiger partial charge in [0.1, 0.15) is 5.78 Å². The second kappa shape index (κ2) is 5.80. The fourth-order valence-corrected chi connectivity index (χ4v) is 3.45. The predicted molar refractivity (Wildman–Crippen MR) is 80.9 cm³/mol. The number of carbonyl (C=O) groups is 1. The molecule has 0 amide bonds. The minimum atomic E-state index is -0.322. The zero-order valence-corrected chi connectivity index (χ0v) is 12.5. The summed E-state index contributed by atoms with van der Waals surface area (Å²) in [6, 6.07) is 10.3. The number of benzene rings is 1. The van der Waals surface area contributed by atoms with Crippen molar-refractivity contribution in [1.29, 1.82) is 0 Å². The molecule has 0 aliphatic heterocycles. The zero-order valence-electron chi connectivity index (χ0n) is 12.5. The first-order valence-corrected chi connectivity index (χ1v) is 7.65. The van der Waals surface area contributed by atoms with E-state index in [1.807, 2.05) is 31.4 Å². The van der Waals surface area contributed by atoms with E-state index in [1.165, 1.54) is 12.0 Å². The molecule has 0 spiro atoms. The molecule has 1 aliphatic rings. The van der Waals surface area contributed by atoms with Gasteiger partial charge in [-0.25, -0.2) is 0 Å².